The number of anilines is 1. The summed E-state index contributed by atoms with van der Waals surface area (Å²) >= 11 is 3.51. The summed E-state index contributed by atoms with van der Waals surface area (Å²) in [4.78, 5) is 12.4. The third-order valence-electron chi connectivity index (χ3n) is 3.53. The van der Waals surface area contributed by atoms with Crippen molar-refractivity contribution in [3.05, 3.63) is 64.1 Å². The van der Waals surface area contributed by atoms with Gasteiger partial charge in [-0.05, 0) is 43.2 Å². The molecule has 0 bridgehead atoms. The second-order valence-electron chi connectivity index (χ2n) is 5.14. The Morgan fingerprint density at radius 3 is 2.52 bits per heavy atom. The van der Waals surface area contributed by atoms with Gasteiger partial charge in [-0.1, -0.05) is 46.3 Å². The average Bonchev–Trinajstić information content (AvgIpc) is 2.46. The van der Waals surface area contributed by atoms with Gasteiger partial charge in [-0.15, -0.1) is 0 Å². The molecule has 0 spiro atoms. The molecule has 0 saturated carbocycles. The van der Waals surface area contributed by atoms with Crippen LogP contribution in [0.5, 0.6) is 0 Å². The van der Waals surface area contributed by atoms with Crippen molar-refractivity contribution in [3.8, 4) is 0 Å². The minimum absolute atomic E-state index is 0.0103. The molecule has 0 aliphatic rings. The van der Waals surface area contributed by atoms with Crippen LogP contribution in [0.15, 0.2) is 53.0 Å². The van der Waals surface area contributed by atoms with Crippen molar-refractivity contribution in [1.29, 1.82) is 0 Å². The van der Waals surface area contributed by atoms with Crippen LogP contribution in [0, 0.1) is 0 Å². The smallest absolute Gasteiger partial charge is 0.227 e. The monoisotopic (exact) mass is 346 g/mol. The Morgan fingerprint density at radius 1 is 1.14 bits per heavy atom. The number of benzene rings is 2. The molecule has 4 heteroatoms. The Morgan fingerprint density at radius 2 is 1.86 bits per heavy atom. The van der Waals surface area contributed by atoms with E-state index >= 15 is 0 Å². The molecule has 2 aromatic carbocycles. The third kappa shape index (κ3) is 3.85. The second kappa shape index (κ2) is 6.76. The lowest BCUT2D eigenvalue weighted by Gasteiger charge is -2.19. The lowest BCUT2D eigenvalue weighted by atomic mass is 9.99. The van der Waals surface area contributed by atoms with Gasteiger partial charge in [0.25, 0.3) is 0 Å². The van der Waals surface area contributed by atoms with Crippen molar-refractivity contribution in [3.63, 3.8) is 0 Å². The van der Waals surface area contributed by atoms with Crippen LogP contribution in [-0.2, 0) is 4.79 Å². The molecule has 2 aromatic rings. The summed E-state index contributed by atoms with van der Waals surface area (Å²) in [6.07, 6.45) is 0. The number of nitrogen functional groups attached to an aromatic ring is 1. The molecule has 0 aliphatic heterocycles. The van der Waals surface area contributed by atoms with Crippen LogP contribution in [0.4, 0.5) is 5.69 Å². The second-order valence-corrected chi connectivity index (χ2v) is 6.00. The van der Waals surface area contributed by atoms with Crippen molar-refractivity contribution >= 4 is 27.5 Å². The first-order chi connectivity index (χ1) is 9.99. The van der Waals surface area contributed by atoms with Crippen LogP contribution < -0.4 is 11.1 Å². The Kier molecular flexibility index (Phi) is 5.02. The van der Waals surface area contributed by atoms with Crippen LogP contribution in [0.1, 0.15) is 36.9 Å². The van der Waals surface area contributed by atoms with Crippen LogP contribution in [0.25, 0.3) is 0 Å². The first-order valence-electron chi connectivity index (χ1n) is 6.89. The number of halogens is 1. The molecule has 3 nitrogen and oxygen atoms in total. The lowest BCUT2D eigenvalue weighted by Crippen LogP contribution is -2.30. The fourth-order valence-corrected chi connectivity index (χ4v) is 2.85. The number of nitrogens with one attached hydrogen (secondary N) is 1. The first-order valence-corrected chi connectivity index (χ1v) is 7.68. The van der Waals surface area contributed by atoms with Crippen molar-refractivity contribution in [2.24, 2.45) is 0 Å². The van der Waals surface area contributed by atoms with Crippen LogP contribution in [0.3, 0.4) is 0 Å². The van der Waals surface area contributed by atoms with E-state index in [0.29, 0.717) is 5.69 Å². The standard InChI is InChI=1S/C17H19BrN2O/c1-11(13-6-5-7-14(19)10-13)17(21)20-12(2)15-8-3-4-9-16(15)18/h3-12H,19H2,1-2H3,(H,20,21). The summed E-state index contributed by atoms with van der Waals surface area (Å²) in [7, 11) is 0. The largest absolute Gasteiger partial charge is 0.399 e. The zero-order valence-corrected chi connectivity index (χ0v) is 13.7. The number of amides is 1. The van der Waals surface area contributed by atoms with Crippen LogP contribution in [0.2, 0.25) is 0 Å². The Labute approximate surface area is 133 Å². The Bertz CT molecular complexity index is 642. The molecule has 0 aliphatic carbocycles. The van der Waals surface area contributed by atoms with E-state index in [0.717, 1.165) is 15.6 Å². The summed E-state index contributed by atoms with van der Waals surface area (Å²) in [5.41, 5.74) is 8.43. The normalized spacial score (nSPS) is 13.5. The molecule has 110 valence electrons. The average molecular weight is 347 g/mol. The van der Waals surface area contributed by atoms with E-state index in [1.54, 1.807) is 0 Å². The van der Waals surface area contributed by atoms with Gasteiger partial charge in [0, 0.05) is 10.2 Å². The maximum absolute atomic E-state index is 12.4. The molecule has 0 aromatic heterocycles. The van der Waals surface area contributed by atoms with Crippen molar-refractivity contribution in [2.45, 2.75) is 25.8 Å². The van der Waals surface area contributed by atoms with Gasteiger partial charge < -0.3 is 11.1 Å². The molecule has 0 fully saturated rings. The summed E-state index contributed by atoms with van der Waals surface area (Å²) in [5.74, 6) is -0.248. The quantitative estimate of drug-likeness (QED) is 0.821. The molecular formula is C17H19BrN2O. The van der Waals surface area contributed by atoms with Gasteiger partial charge in [0.05, 0.1) is 12.0 Å². The van der Waals surface area contributed by atoms with E-state index in [4.69, 9.17) is 5.73 Å². The van der Waals surface area contributed by atoms with Gasteiger partial charge in [0.2, 0.25) is 5.91 Å². The number of hydrogen-bond acceptors (Lipinski definition) is 2. The van der Waals surface area contributed by atoms with E-state index in [2.05, 4.69) is 21.2 Å². The molecule has 21 heavy (non-hydrogen) atoms. The highest BCUT2D eigenvalue weighted by atomic mass is 79.9. The SMILES string of the molecule is CC(NC(=O)C(C)c1cccc(N)c1)c1ccccc1Br. The summed E-state index contributed by atoms with van der Waals surface area (Å²) in [5, 5.41) is 3.04. The predicted molar refractivity (Wildman–Crippen MR) is 90.0 cm³/mol. The molecule has 1 amide bonds. The van der Waals surface area contributed by atoms with Crippen molar-refractivity contribution in [1.82, 2.24) is 5.32 Å². The lowest BCUT2D eigenvalue weighted by molar-refractivity contribution is -0.122. The zero-order chi connectivity index (χ0) is 15.4. The fraction of sp³-hybridized carbons (Fsp3) is 0.235. The predicted octanol–water partition coefficient (Wildman–Crippen LogP) is 4.01. The maximum atomic E-state index is 12.4. The van der Waals surface area contributed by atoms with Gasteiger partial charge >= 0.3 is 0 Å². The highest BCUT2D eigenvalue weighted by Crippen LogP contribution is 2.24. The number of rotatable bonds is 4. The Hall–Kier alpha value is -1.81. The maximum Gasteiger partial charge on any atom is 0.227 e. The minimum atomic E-state index is -0.238. The molecule has 3 N–H and O–H groups in total. The summed E-state index contributed by atoms with van der Waals surface area (Å²) < 4.78 is 0.995. The molecular weight excluding hydrogens is 328 g/mol. The van der Waals surface area contributed by atoms with E-state index < -0.39 is 0 Å². The molecule has 2 unspecified atom stereocenters. The summed E-state index contributed by atoms with van der Waals surface area (Å²) in [6, 6.07) is 15.3. The van der Waals surface area contributed by atoms with Crippen LogP contribution in [-0.4, -0.2) is 5.91 Å². The molecule has 2 rings (SSSR count). The highest BCUT2D eigenvalue weighted by Gasteiger charge is 2.18. The Balaban J connectivity index is 2.09. The molecule has 0 saturated heterocycles. The number of nitrogens with two attached hydrogens (primary N) is 1. The van der Waals surface area contributed by atoms with E-state index in [1.807, 2.05) is 62.4 Å². The number of hydrogen-bond donors (Lipinski definition) is 2. The van der Waals surface area contributed by atoms with Gasteiger partial charge in [-0.3, -0.25) is 4.79 Å². The fourth-order valence-electron chi connectivity index (χ4n) is 2.22. The van der Waals surface area contributed by atoms with Gasteiger partial charge in [0.15, 0.2) is 0 Å². The first kappa shape index (κ1) is 15.6. The van der Waals surface area contributed by atoms with E-state index in [9.17, 15) is 4.79 Å². The molecule has 0 radical (unpaired) electrons. The van der Waals surface area contributed by atoms with Gasteiger partial charge in [0.1, 0.15) is 0 Å². The van der Waals surface area contributed by atoms with Crippen molar-refractivity contribution in [2.75, 3.05) is 5.73 Å². The number of carbonyl (C=O) groups is 1. The number of carbonyl (C=O) groups excluding carboxylic acids is 1. The summed E-state index contributed by atoms with van der Waals surface area (Å²) in [6.45, 7) is 3.86. The minimum Gasteiger partial charge on any atom is -0.399 e. The van der Waals surface area contributed by atoms with Crippen LogP contribution >= 0.6 is 15.9 Å². The highest BCUT2D eigenvalue weighted by molar-refractivity contribution is 9.10. The van der Waals surface area contributed by atoms with E-state index in [1.165, 1.54) is 0 Å². The molecule has 0 heterocycles. The zero-order valence-electron chi connectivity index (χ0n) is 12.1. The third-order valence-corrected chi connectivity index (χ3v) is 4.26. The van der Waals surface area contributed by atoms with Gasteiger partial charge in [-0.25, -0.2) is 0 Å². The molecule has 2 atom stereocenters. The topological polar surface area (TPSA) is 55.1 Å². The van der Waals surface area contributed by atoms with Crippen molar-refractivity contribution < 1.29 is 4.79 Å². The van der Waals surface area contributed by atoms with Gasteiger partial charge in [-0.2, -0.15) is 0 Å². The van der Waals surface area contributed by atoms with E-state index in [-0.39, 0.29) is 17.9 Å².